The second kappa shape index (κ2) is 7.00. The fourth-order valence-electron chi connectivity index (χ4n) is 3.01. The minimum Gasteiger partial charge on any atom is -0.481 e. The van der Waals surface area contributed by atoms with E-state index < -0.39 is 21.9 Å². The third-order valence-corrected chi connectivity index (χ3v) is 5.83. The summed E-state index contributed by atoms with van der Waals surface area (Å²) in [5.41, 5.74) is 1.31. The molecule has 1 aliphatic heterocycles. The molecule has 2 aromatic rings. The highest BCUT2D eigenvalue weighted by Crippen LogP contribution is 2.22. The maximum absolute atomic E-state index is 12.6. The van der Waals surface area contributed by atoms with Crippen molar-refractivity contribution in [3.05, 3.63) is 36.0 Å². The van der Waals surface area contributed by atoms with Gasteiger partial charge in [-0.15, -0.1) is 0 Å². The first-order chi connectivity index (χ1) is 12.3. The number of aryl methyl sites for hydroxylation is 1. The molecule has 9 heteroatoms. The van der Waals surface area contributed by atoms with Gasteiger partial charge in [0.1, 0.15) is 4.90 Å². The summed E-state index contributed by atoms with van der Waals surface area (Å²) in [6.07, 6.45) is 1.56. The van der Waals surface area contributed by atoms with E-state index in [1.165, 1.54) is 11.0 Å². The summed E-state index contributed by atoms with van der Waals surface area (Å²) >= 11 is 0. The Hall–Kier alpha value is -2.52. The minimum atomic E-state index is -3.81. The topological polar surface area (TPSA) is 117 Å². The summed E-state index contributed by atoms with van der Waals surface area (Å²) in [6.45, 7) is 2.11. The van der Waals surface area contributed by atoms with E-state index in [0.717, 1.165) is 10.9 Å². The number of fused-ring (bicyclic) bond motifs is 1. The van der Waals surface area contributed by atoms with Crippen LogP contribution in [0, 0.1) is 12.8 Å². The van der Waals surface area contributed by atoms with Crippen LogP contribution in [0.3, 0.4) is 0 Å². The van der Waals surface area contributed by atoms with Crippen molar-refractivity contribution in [2.45, 2.75) is 18.2 Å². The number of hydrogen-bond donors (Lipinski definition) is 2. The number of nitrogens with zero attached hydrogens (tertiary/aromatic N) is 2. The van der Waals surface area contributed by atoms with Gasteiger partial charge in [0, 0.05) is 37.6 Å². The van der Waals surface area contributed by atoms with Crippen LogP contribution >= 0.6 is 0 Å². The van der Waals surface area contributed by atoms with Crippen LogP contribution in [0.25, 0.3) is 10.9 Å². The van der Waals surface area contributed by atoms with E-state index in [2.05, 4.69) is 9.71 Å². The Morgan fingerprint density at radius 2 is 2.19 bits per heavy atom. The maximum atomic E-state index is 12.6. The molecule has 138 valence electrons. The van der Waals surface area contributed by atoms with Gasteiger partial charge in [0.25, 0.3) is 0 Å². The van der Waals surface area contributed by atoms with E-state index >= 15 is 0 Å². The molecular weight excluding hydrogens is 358 g/mol. The van der Waals surface area contributed by atoms with Crippen LogP contribution in [-0.2, 0) is 19.6 Å². The number of pyridine rings is 1. The molecule has 1 aromatic carbocycles. The average molecular weight is 377 g/mol. The van der Waals surface area contributed by atoms with Gasteiger partial charge in [0.05, 0.1) is 11.4 Å². The fourth-order valence-corrected chi connectivity index (χ4v) is 4.20. The number of carbonyl (C=O) groups is 2. The summed E-state index contributed by atoms with van der Waals surface area (Å²) in [5, 5.41) is 9.70. The molecule has 3 rings (SSSR count). The normalized spacial score (nSPS) is 17.8. The maximum Gasteiger partial charge on any atom is 0.308 e. The van der Waals surface area contributed by atoms with Crippen molar-refractivity contribution in [1.29, 1.82) is 0 Å². The van der Waals surface area contributed by atoms with Crippen LogP contribution < -0.4 is 4.72 Å². The van der Waals surface area contributed by atoms with Crippen molar-refractivity contribution in [3.63, 3.8) is 0 Å². The first kappa shape index (κ1) is 18.3. The van der Waals surface area contributed by atoms with Crippen molar-refractivity contribution in [2.75, 3.05) is 19.6 Å². The molecule has 1 saturated heterocycles. The van der Waals surface area contributed by atoms with E-state index in [0.29, 0.717) is 5.52 Å². The van der Waals surface area contributed by atoms with Gasteiger partial charge in [0.2, 0.25) is 15.9 Å². The number of likely N-dealkylation sites (tertiary alicyclic amines) is 1. The summed E-state index contributed by atoms with van der Waals surface area (Å²) in [6, 6.07) is 6.79. The van der Waals surface area contributed by atoms with Crippen LogP contribution in [0.5, 0.6) is 0 Å². The summed E-state index contributed by atoms with van der Waals surface area (Å²) in [5.74, 6) is -2.03. The van der Waals surface area contributed by atoms with Crippen LogP contribution in [0.2, 0.25) is 0 Å². The molecular formula is C17H19N3O5S. The second-order valence-corrected chi connectivity index (χ2v) is 8.05. The molecule has 2 N–H and O–H groups in total. The monoisotopic (exact) mass is 377 g/mol. The van der Waals surface area contributed by atoms with Gasteiger partial charge in [-0.05, 0) is 24.6 Å². The van der Waals surface area contributed by atoms with Crippen molar-refractivity contribution >= 4 is 32.8 Å². The summed E-state index contributed by atoms with van der Waals surface area (Å²) < 4.78 is 27.7. The van der Waals surface area contributed by atoms with Crippen molar-refractivity contribution in [2.24, 2.45) is 5.92 Å². The van der Waals surface area contributed by atoms with Gasteiger partial charge in [-0.2, -0.15) is 0 Å². The smallest absolute Gasteiger partial charge is 0.308 e. The lowest BCUT2D eigenvalue weighted by Gasteiger charge is -2.16. The Morgan fingerprint density at radius 1 is 1.42 bits per heavy atom. The Morgan fingerprint density at radius 3 is 2.88 bits per heavy atom. The fraction of sp³-hybridized carbons (Fsp3) is 0.353. The number of carbonyl (C=O) groups excluding carboxylic acids is 1. The number of amides is 1. The zero-order valence-corrected chi connectivity index (χ0v) is 15.0. The van der Waals surface area contributed by atoms with Gasteiger partial charge in [0.15, 0.2) is 0 Å². The molecule has 1 amide bonds. The van der Waals surface area contributed by atoms with E-state index in [-0.39, 0.29) is 36.9 Å². The van der Waals surface area contributed by atoms with E-state index in [4.69, 9.17) is 5.11 Å². The second-order valence-electron chi connectivity index (χ2n) is 6.32. The molecule has 8 nitrogen and oxygen atoms in total. The quantitative estimate of drug-likeness (QED) is 0.767. The lowest BCUT2D eigenvalue weighted by molar-refractivity contribution is -0.141. The number of carboxylic acid groups (broad SMARTS) is 1. The number of nitrogens with one attached hydrogen (secondary N) is 1. The molecule has 0 aliphatic carbocycles. The van der Waals surface area contributed by atoms with Crippen molar-refractivity contribution in [3.8, 4) is 0 Å². The van der Waals surface area contributed by atoms with Gasteiger partial charge in [-0.1, -0.05) is 12.1 Å². The predicted octanol–water partition coefficient (Wildman–Crippen LogP) is 0.755. The number of rotatable bonds is 6. The number of hydrogen-bond acceptors (Lipinski definition) is 5. The zero-order valence-electron chi connectivity index (χ0n) is 14.2. The number of benzene rings is 1. The average Bonchev–Trinajstić information content (AvgIpc) is 2.95. The molecule has 1 unspecified atom stereocenters. The molecule has 2 heterocycles. The third-order valence-electron chi connectivity index (χ3n) is 4.34. The molecule has 1 fully saturated rings. The Kier molecular flexibility index (Phi) is 4.92. The highest BCUT2D eigenvalue weighted by atomic mass is 32.2. The third kappa shape index (κ3) is 3.68. The largest absolute Gasteiger partial charge is 0.481 e. The van der Waals surface area contributed by atoms with E-state index in [1.54, 1.807) is 18.3 Å². The lowest BCUT2D eigenvalue weighted by atomic mass is 10.1. The van der Waals surface area contributed by atoms with Gasteiger partial charge in [-0.3, -0.25) is 14.6 Å². The Bertz CT molecular complexity index is 974. The first-order valence-corrected chi connectivity index (χ1v) is 9.62. The molecule has 26 heavy (non-hydrogen) atoms. The number of sulfonamides is 1. The Balaban J connectivity index is 1.71. The number of para-hydroxylation sites is 1. The SMILES string of the molecule is Cc1cnc2c(S(=O)(=O)NCCN3CC(C(=O)O)CC3=O)cccc2c1. The molecule has 0 bridgehead atoms. The predicted molar refractivity (Wildman–Crippen MR) is 94.0 cm³/mol. The summed E-state index contributed by atoms with van der Waals surface area (Å²) in [4.78, 5) is 28.4. The molecule has 0 radical (unpaired) electrons. The van der Waals surface area contributed by atoms with Gasteiger partial charge < -0.3 is 10.0 Å². The molecule has 1 aromatic heterocycles. The van der Waals surface area contributed by atoms with Gasteiger partial charge in [-0.25, -0.2) is 13.1 Å². The standard InChI is InChI=1S/C17H19N3O5S/c1-11-7-12-3-2-4-14(16(12)18-9-11)26(24,25)19-5-6-20-10-13(17(22)23)8-15(20)21/h2-4,7,9,13,19H,5-6,8,10H2,1H3,(H,22,23). The first-order valence-electron chi connectivity index (χ1n) is 8.13. The van der Waals surface area contributed by atoms with Crippen molar-refractivity contribution < 1.29 is 23.1 Å². The molecule has 0 spiro atoms. The van der Waals surface area contributed by atoms with E-state index in [1.807, 2.05) is 13.0 Å². The number of aromatic nitrogens is 1. The zero-order chi connectivity index (χ0) is 18.9. The summed E-state index contributed by atoms with van der Waals surface area (Å²) in [7, 11) is -3.81. The number of carboxylic acids is 1. The minimum absolute atomic E-state index is 0.00264. The highest BCUT2D eigenvalue weighted by Gasteiger charge is 2.34. The lowest BCUT2D eigenvalue weighted by Crippen LogP contribution is -2.36. The molecule has 1 aliphatic rings. The number of aliphatic carboxylic acids is 1. The Labute approximate surface area is 150 Å². The molecule has 0 saturated carbocycles. The highest BCUT2D eigenvalue weighted by molar-refractivity contribution is 7.89. The van der Waals surface area contributed by atoms with Crippen LogP contribution in [0.15, 0.2) is 35.4 Å². The molecule has 1 atom stereocenters. The van der Waals surface area contributed by atoms with Crippen LogP contribution in [-0.4, -0.2) is 54.9 Å². The van der Waals surface area contributed by atoms with Crippen molar-refractivity contribution in [1.82, 2.24) is 14.6 Å². The van der Waals surface area contributed by atoms with E-state index in [9.17, 15) is 18.0 Å². The van der Waals surface area contributed by atoms with Gasteiger partial charge >= 0.3 is 5.97 Å². The van der Waals surface area contributed by atoms with Crippen LogP contribution in [0.4, 0.5) is 0 Å². The van der Waals surface area contributed by atoms with Crippen LogP contribution in [0.1, 0.15) is 12.0 Å².